The van der Waals surface area contributed by atoms with E-state index in [-0.39, 0.29) is 5.69 Å². The normalized spacial score (nSPS) is 11.2. The Kier molecular flexibility index (Phi) is 5.03. The number of hydrogen-bond donors (Lipinski definition) is 0. The average Bonchev–Trinajstić information content (AvgIpc) is 2.52. The third-order valence-corrected chi connectivity index (χ3v) is 3.07. The molecule has 0 spiro atoms. The Morgan fingerprint density at radius 2 is 1.68 bits per heavy atom. The van der Waals surface area contributed by atoms with Gasteiger partial charge in [0.15, 0.2) is 0 Å². The van der Waals surface area contributed by atoms with E-state index in [9.17, 15) is 10.1 Å². The fraction of sp³-hybridized carbons (Fsp3) is 0.118. The molecule has 22 heavy (non-hydrogen) atoms. The molecule has 112 valence electrons. The first-order valence-electron chi connectivity index (χ1n) is 6.79. The Morgan fingerprint density at radius 3 is 2.23 bits per heavy atom. The van der Waals surface area contributed by atoms with E-state index in [0.717, 1.165) is 16.9 Å². The smallest absolute Gasteiger partial charge is 0.269 e. The monoisotopic (exact) mass is 295 g/mol. The van der Waals surface area contributed by atoms with Gasteiger partial charge in [-0.15, -0.1) is 0 Å². The standard InChI is InChI=1S/C17H17N3O2/c1-19(2)16-11-7-15(8-12-16)18-13-3-4-14-5-9-17(10-6-14)20(21)22/h3-13H,1-2H3. The number of allylic oxidation sites excluding steroid dienone is 1. The molecule has 0 saturated heterocycles. The van der Waals surface area contributed by atoms with Gasteiger partial charge in [0.05, 0.1) is 10.6 Å². The van der Waals surface area contributed by atoms with Gasteiger partial charge in [0.2, 0.25) is 0 Å². The van der Waals surface area contributed by atoms with E-state index in [0.29, 0.717) is 0 Å². The fourth-order valence-electron chi connectivity index (χ4n) is 1.83. The van der Waals surface area contributed by atoms with Crippen molar-refractivity contribution in [2.75, 3.05) is 19.0 Å². The molecule has 0 bridgehead atoms. The highest BCUT2D eigenvalue weighted by Crippen LogP contribution is 2.17. The summed E-state index contributed by atoms with van der Waals surface area (Å²) in [5.74, 6) is 0. The predicted molar refractivity (Wildman–Crippen MR) is 91.1 cm³/mol. The maximum Gasteiger partial charge on any atom is 0.269 e. The molecule has 0 aliphatic carbocycles. The Morgan fingerprint density at radius 1 is 1.05 bits per heavy atom. The molecule has 0 atom stereocenters. The van der Waals surface area contributed by atoms with Crippen LogP contribution in [0.3, 0.4) is 0 Å². The van der Waals surface area contributed by atoms with E-state index in [1.54, 1.807) is 24.4 Å². The fourth-order valence-corrected chi connectivity index (χ4v) is 1.83. The lowest BCUT2D eigenvalue weighted by Crippen LogP contribution is -2.07. The second-order valence-corrected chi connectivity index (χ2v) is 4.90. The average molecular weight is 295 g/mol. The van der Waals surface area contributed by atoms with Gasteiger partial charge >= 0.3 is 0 Å². The number of non-ortho nitro benzene ring substituents is 1. The van der Waals surface area contributed by atoms with Crippen molar-refractivity contribution in [3.05, 3.63) is 70.3 Å². The van der Waals surface area contributed by atoms with Crippen molar-refractivity contribution in [2.45, 2.75) is 0 Å². The molecule has 0 unspecified atom stereocenters. The van der Waals surface area contributed by atoms with Gasteiger partial charge in [0.1, 0.15) is 0 Å². The Bertz CT molecular complexity index is 687. The van der Waals surface area contributed by atoms with Gasteiger partial charge in [-0.3, -0.25) is 15.1 Å². The number of nitrogens with zero attached hydrogens (tertiary/aromatic N) is 3. The molecule has 0 radical (unpaired) electrons. The lowest BCUT2D eigenvalue weighted by molar-refractivity contribution is -0.384. The molecule has 2 aromatic carbocycles. The molecule has 0 saturated carbocycles. The Balaban J connectivity index is 1.97. The largest absolute Gasteiger partial charge is 0.378 e. The van der Waals surface area contributed by atoms with Crippen LogP contribution in [0.4, 0.5) is 17.1 Å². The Hall–Kier alpha value is -2.95. The summed E-state index contributed by atoms with van der Waals surface area (Å²) in [6, 6.07) is 14.3. The van der Waals surface area contributed by atoms with Crippen molar-refractivity contribution in [1.82, 2.24) is 0 Å². The molecule has 2 aromatic rings. The number of nitro groups is 1. The Labute approximate surface area is 129 Å². The third kappa shape index (κ3) is 4.28. The number of rotatable bonds is 5. The van der Waals surface area contributed by atoms with Crippen molar-refractivity contribution >= 4 is 29.4 Å². The highest BCUT2D eigenvalue weighted by Gasteiger charge is 2.01. The lowest BCUT2D eigenvalue weighted by Gasteiger charge is -2.11. The van der Waals surface area contributed by atoms with Gasteiger partial charge in [-0.1, -0.05) is 6.08 Å². The molecular formula is C17H17N3O2. The van der Waals surface area contributed by atoms with Crippen LogP contribution in [0.25, 0.3) is 6.08 Å². The zero-order valence-corrected chi connectivity index (χ0v) is 12.5. The summed E-state index contributed by atoms with van der Waals surface area (Å²) in [7, 11) is 3.98. The molecule has 0 N–H and O–H groups in total. The summed E-state index contributed by atoms with van der Waals surface area (Å²) in [6.07, 6.45) is 5.36. The van der Waals surface area contributed by atoms with Crippen LogP contribution in [0.1, 0.15) is 5.56 Å². The van der Waals surface area contributed by atoms with Gasteiger partial charge in [-0.05, 0) is 48.0 Å². The number of aliphatic imine (C=N–C) groups is 1. The van der Waals surface area contributed by atoms with Crippen LogP contribution in [0, 0.1) is 10.1 Å². The molecule has 0 fully saturated rings. The molecular weight excluding hydrogens is 278 g/mol. The van der Waals surface area contributed by atoms with Crippen LogP contribution in [0.15, 0.2) is 59.6 Å². The van der Waals surface area contributed by atoms with Crippen molar-refractivity contribution in [1.29, 1.82) is 0 Å². The lowest BCUT2D eigenvalue weighted by atomic mass is 10.2. The van der Waals surface area contributed by atoms with Crippen molar-refractivity contribution < 1.29 is 4.92 Å². The van der Waals surface area contributed by atoms with Crippen molar-refractivity contribution in [3.8, 4) is 0 Å². The van der Waals surface area contributed by atoms with Crippen molar-refractivity contribution in [3.63, 3.8) is 0 Å². The molecule has 0 heterocycles. The van der Waals surface area contributed by atoms with Crippen LogP contribution in [0.2, 0.25) is 0 Å². The number of nitro benzene ring substituents is 1. The first-order chi connectivity index (χ1) is 10.6. The summed E-state index contributed by atoms with van der Waals surface area (Å²) >= 11 is 0. The summed E-state index contributed by atoms with van der Waals surface area (Å²) in [4.78, 5) is 16.5. The zero-order chi connectivity index (χ0) is 15.9. The summed E-state index contributed by atoms with van der Waals surface area (Å²) in [5.41, 5.74) is 2.98. The molecule has 0 aliphatic heterocycles. The van der Waals surface area contributed by atoms with Gasteiger partial charge in [0.25, 0.3) is 5.69 Å². The first-order valence-corrected chi connectivity index (χ1v) is 6.79. The summed E-state index contributed by atoms with van der Waals surface area (Å²) < 4.78 is 0. The minimum absolute atomic E-state index is 0.0896. The first kappa shape index (κ1) is 15.4. The van der Waals surface area contributed by atoms with E-state index < -0.39 is 4.92 Å². The second kappa shape index (κ2) is 7.17. The van der Waals surface area contributed by atoms with Crippen LogP contribution >= 0.6 is 0 Å². The van der Waals surface area contributed by atoms with E-state index in [1.807, 2.05) is 49.3 Å². The van der Waals surface area contributed by atoms with E-state index in [2.05, 4.69) is 4.99 Å². The highest BCUT2D eigenvalue weighted by atomic mass is 16.6. The quantitative estimate of drug-likeness (QED) is 0.474. The van der Waals surface area contributed by atoms with Gasteiger partial charge in [0, 0.05) is 38.1 Å². The maximum absolute atomic E-state index is 10.6. The number of hydrogen-bond acceptors (Lipinski definition) is 4. The third-order valence-electron chi connectivity index (χ3n) is 3.07. The van der Waals surface area contributed by atoms with Crippen LogP contribution in [-0.2, 0) is 0 Å². The SMILES string of the molecule is CN(C)c1ccc(N=CC=Cc2ccc([N+](=O)[O-])cc2)cc1. The summed E-state index contributed by atoms with van der Waals surface area (Å²) in [5, 5.41) is 10.6. The van der Waals surface area contributed by atoms with Crippen LogP contribution in [0.5, 0.6) is 0 Å². The molecule has 0 aliphatic rings. The van der Waals surface area contributed by atoms with Crippen LogP contribution < -0.4 is 4.90 Å². The molecule has 0 amide bonds. The molecule has 5 heteroatoms. The minimum Gasteiger partial charge on any atom is -0.378 e. The predicted octanol–water partition coefficient (Wildman–Crippen LogP) is 4.08. The number of benzene rings is 2. The topological polar surface area (TPSA) is 58.7 Å². The zero-order valence-electron chi connectivity index (χ0n) is 12.5. The van der Waals surface area contributed by atoms with Crippen molar-refractivity contribution in [2.24, 2.45) is 4.99 Å². The number of anilines is 1. The minimum atomic E-state index is -0.410. The van der Waals surface area contributed by atoms with Gasteiger partial charge in [-0.25, -0.2) is 0 Å². The van der Waals surface area contributed by atoms with E-state index >= 15 is 0 Å². The highest BCUT2D eigenvalue weighted by molar-refractivity contribution is 5.80. The van der Waals surface area contributed by atoms with E-state index in [4.69, 9.17) is 0 Å². The second-order valence-electron chi connectivity index (χ2n) is 4.90. The molecule has 0 aromatic heterocycles. The van der Waals surface area contributed by atoms with Gasteiger partial charge in [-0.2, -0.15) is 0 Å². The molecule has 5 nitrogen and oxygen atoms in total. The van der Waals surface area contributed by atoms with E-state index in [1.165, 1.54) is 12.1 Å². The summed E-state index contributed by atoms with van der Waals surface area (Å²) in [6.45, 7) is 0. The maximum atomic E-state index is 10.6. The molecule has 2 rings (SSSR count). The van der Waals surface area contributed by atoms with Crippen LogP contribution in [-0.4, -0.2) is 25.2 Å². The van der Waals surface area contributed by atoms with Gasteiger partial charge < -0.3 is 4.90 Å².